The van der Waals surface area contributed by atoms with Crippen molar-refractivity contribution in [3.8, 4) is 5.75 Å². The molecule has 0 saturated carbocycles. The summed E-state index contributed by atoms with van der Waals surface area (Å²) in [4.78, 5) is 0. The van der Waals surface area contributed by atoms with Gasteiger partial charge < -0.3 is 14.8 Å². The largest absolute Gasteiger partial charge is 0.488 e. The van der Waals surface area contributed by atoms with Gasteiger partial charge in [0, 0.05) is 19.7 Å². The highest BCUT2D eigenvalue weighted by Crippen LogP contribution is 2.23. The zero-order valence-corrected chi connectivity index (χ0v) is 9.37. The van der Waals surface area contributed by atoms with Crippen molar-refractivity contribution in [2.45, 2.75) is 32.0 Å². The maximum atomic E-state index is 5.93. The van der Waals surface area contributed by atoms with Gasteiger partial charge in [-0.25, -0.2) is 0 Å². The van der Waals surface area contributed by atoms with Crippen LogP contribution in [0.2, 0.25) is 0 Å². The lowest BCUT2D eigenvalue weighted by molar-refractivity contribution is 0.00740. The molecule has 1 aromatic rings. The topological polar surface area (TPSA) is 30.5 Å². The van der Waals surface area contributed by atoms with Crippen LogP contribution in [0.25, 0.3) is 0 Å². The second-order valence-corrected chi connectivity index (χ2v) is 4.49. The third kappa shape index (κ3) is 2.06. The molecule has 2 heterocycles. The summed E-state index contributed by atoms with van der Waals surface area (Å²) in [6.45, 7) is 3.57. The summed E-state index contributed by atoms with van der Waals surface area (Å²) in [6, 6.07) is 6.39. The molecule has 2 aliphatic heterocycles. The lowest BCUT2D eigenvalue weighted by Crippen LogP contribution is -2.28. The van der Waals surface area contributed by atoms with E-state index < -0.39 is 0 Å². The molecule has 1 aromatic carbocycles. The summed E-state index contributed by atoms with van der Waals surface area (Å²) in [7, 11) is 0. The predicted molar refractivity (Wildman–Crippen MR) is 61.5 cm³/mol. The van der Waals surface area contributed by atoms with Crippen LogP contribution in [0.5, 0.6) is 5.75 Å². The Kier molecular flexibility index (Phi) is 2.80. The zero-order chi connectivity index (χ0) is 10.8. The molecule has 0 spiro atoms. The predicted octanol–water partition coefficient (Wildman–Crippen LogP) is 1.85. The molecular weight excluding hydrogens is 202 g/mol. The fourth-order valence-electron chi connectivity index (χ4n) is 2.34. The van der Waals surface area contributed by atoms with Crippen molar-refractivity contribution in [3.05, 3.63) is 29.3 Å². The normalized spacial score (nSPS) is 24.1. The lowest BCUT2D eigenvalue weighted by atomic mass is 10.1. The van der Waals surface area contributed by atoms with Crippen molar-refractivity contribution in [1.82, 2.24) is 5.32 Å². The van der Waals surface area contributed by atoms with Crippen LogP contribution >= 0.6 is 0 Å². The molecule has 0 bridgehead atoms. The average Bonchev–Trinajstić information content (AvgIpc) is 2.77. The molecule has 1 saturated heterocycles. The Balaban J connectivity index is 1.69. The quantitative estimate of drug-likeness (QED) is 0.823. The number of hydrogen-bond donors (Lipinski definition) is 1. The molecule has 1 N–H and O–H groups in total. The maximum absolute atomic E-state index is 5.93. The van der Waals surface area contributed by atoms with Crippen LogP contribution in [0.3, 0.4) is 0 Å². The van der Waals surface area contributed by atoms with Crippen LogP contribution in [0.4, 0.5) is 0 Å². The molecule has 2 aliphatic rings. The fourth-order valence-corrected chi connectivity index (χ4v) is 2.34. The SMILES string of the molecule is c1cc2c(cc1OC1CCCOC1)CNC2. The Hall–Kier alpha value is -1.06. The molecule has 16 heavy (non-hydrogen) atoms. The van der Waals surface area contributed by atoms with Gasteiger partial charge in [-0.05, 0) is 36.1 Å². The molecule has 1 atom stereocenters. The Labute approximate surface area is 95.8 Å². The van der Waals surface area contributed by atoms with Gasteiger partial charge in [-0.1, -0.05) is 6.07 Å². The minimum absolute atomic E-state index is 0.237. The Morgan fingerprint density at radius 2 is 2.19 bits per heavy atom. The van der Waals surface area contributed by atoms with E-state index in [-0.39, 0.29) is 6.10 Å². The number of rotatable bonds is 2. The molecule has 0 aromatic heterocycles. The first-order valence-electron chi connectivity index (χ1n) is 5.99. The first kappa shape index (κ1) is 10.1. The second kappa shape index (κ2) is 4.44. The van der Waals surface area contributed by atoms with Crippen LogP contribution < -0.4 is 10.1 Å². The van der Waals surface area contributed by atoms with Gasteiger partial charge in [-0.3, -0.25) is 0 Å². The van der Waals surface area contributed by atoms with Crippen molar-refractivity contribution >= 4 is 0 Å². The molecule has 86 valence electrons. The Morgan fingerprint density at radius 1 is 1.25 bits per heavy atom. The van der Waals surface area contributed by atoms with Crippen LogP contribution in [0.15, 0.2) is 18.2 Å². The van der Waals surface area contributed by atoms with E-state index in [0.29, 0.717) is 0 Å². The number of nitrogens with one attached hydrogen (secondary N) is 1. The highest BCUT2D eigenvalue weighted by Gasteiger charge is 2.16. The van der Waals surface area contributed by atoms with Gasteiger partial charge in [0.05, 0.1) is 6.61 Å². The van der Waals surface area contributed by atoms with Gasteiger partial charge in [0.15, 0.2) is 0 Å². The van der Waals surface area contributed by atoms with Crippen LogP contribution in [-0.4, -0.2) is 19.3 Å². The van der Waals surface area contributed by atoms with Crippen molar-refractivity contribution in [1.29, 1.82) is 0 Å². The molecule has 0 amide bonds. The Bertz CT molecular complexity index is 372. The van der Waals surface area contributed by atoms with Gasteiger partial charge >= 0.3 is 0 Å². The van der Waals surface area contributed by atoms with E-state index in [9.17, 15) is 0 Å². The maximum Gasteiger partial charge on any atom is 0.122 e. The standard InChI is InChI=1S/C13H17NO2/c1-2-13(9-15-5-1)16-12-4-3-10-7-14-8-11(10)6-12/h3-4,6,13-14H,1-2,5,7-9H2. The average molecular weight is 219 g/mol. The minimum Gasteiger partial charge on any atom is -0.488 e. The van der Waals surface area contributed by atoms with Gasteiger partial charge in [-0.15, -0.1) is 0 Å². The highest BCUT2D eigenvalue weighted by atomic mass is 16.5. The first-order valence-corrected chi connectivity index (χ1v) is 5.99. The van der Waals surface area contributed by atoms with Crippen molar-refractivity contribution in [3.63, 3.8) is 0 Å². The van der Waals surface area contributed by atoms with Crippen LogP contribution in [-0.2, 0) is 17.8 Å². The third-order valence-electron chi connectivity index (χ3n) is 3.23. The number of hydrogen-bond acceptors (Lipinski definition) is 3. The van der Waals surface area contributed by atoms with Crippen molar-refractivity contribution < 1.29 is 9.47 Å². The van der Waals surface area contributed by atoms with Crippen LogP contribution in [0.1, 0.15) is 24.0 Å². The van der Waals surface area contributed by atoms with Crippen molar-refractivity contribution in [2.75, 3.05) is 13.2 Å². The summed E-state index contributed by atoms with van der Waals surface area (Å²) in [6.07, 6.45) is 2.45. The molecule has 1 fully saturated rings. The molecule has 0 aliphatic carbocycles. The second-order valence-electron chi connectivity index (χ2n) is 4.49. The lowest BCUT2D eigenvalue weighted by Gasteiger charge is -2.23. The van der Waals surface area contributed by atoms with E-state index >= 15 is 0 Å². The summed E-state index contributed by atoms with van der Waals surface area (Å²) < 4.78 is 11.3. The third-order valence-corrected chi connectivity index (χ3v) is 3.23. The van der Waals surface area contributed by atoms with E-state index in [0.717, 1.165) is 44.9 Å². The van der Waals surface area contributed by atoms with Gasteiger partial charge in [0.1, 0.15) is 11.9 Å². The van der Waals surface area contributed by atoms with Gasteiger partial charge in [0.2, 0.25) is 0 Å². The molecular formula is C13H17NO2. The molecule has 3 rings (SSSR count). The summed E-state index contributed by atoms with van der Waals surface area (Å²) in [5.74, 6) is 0.984. The van der Waals surface area contributed by atoms with Gasteiger partial charge in [-0.2, -0.15) is 0 Å². The monoisotopic (exact) mass is 219 g/mol. The van der Waals surface area contributed by atoms with Gasteiger partial charge in [0.25, 0.3) is 0 Å². The number of fused-ring (bicyclic) bond motifs is 1. The molecule has 0 radical (unpaired) electrons. The van der Waals surface area contributed by atoms with E-state index in [1.54, 1.807) is 0 Å². The smallest absolute Gasteiger partial charge is 0.122 e. The minimum atomic E-state index is 0.237. The zero-order valence-electron chi connectivity index (χ0n) is 9.37. The van der Waals surface area contributed by atoms with Crippen LogP contribution in [0, 0.1) is 0 Å². The summed E-state index contributed by atoms with van der Waals surface area (Å²) in [5, 5.41) is 3.34. The first-order chi connectivity index (χ1) is 7.92. The summed E-state index contributed by atoms with van der Waals surface area (Å²) >= 11 is 0. The number of benzene rings is 1. The van der Waals surface area contributed by atoms with Crippen molar-refractivity contribution in [2.24, 2.45) is 0 Å². The highest BCUT2D eigenvalue weighted by molar-refractivity contribution is 5.37. The van der Waals surface area contributed by atoms with E-state index in [2.05, 4.69) is 23.5 Å². The summed E-state index contributed by atoms with van der Waals surface area (Å²) in [5.41, 5.74) is 2.77. The molecule has 3 heteroatoms. The van der Waals surface area contributed by atoms with E-state index in [4.69, 9.17) is 9.47 Å². The molecule has 3 nitrogen and oxygen atoms in total. The fraction of sp³-hybridized carbons (Fsp3) is 0.538. The van der Waals surface area contributed by atoms with E-state index in [1.807, 2.05) is 0 Å². The Morgan fingerprint density at radius 3 is 3.06 bits per heavy atom. The van der Waals surface area contributed by atoms with E-state index in [1.165, 1.54) is 11.1 Å². The molecule has 1 unspecified atom stereocenters. The number of ether oxygens (including phenoxy) is 2.